The van der Waals surface area contributed by atoms with E-state index < -0.39 is 0 Å². The van der Waals surface area contributed by atoms with E-state index in [1.165, 1.54) is 6.42 Å². The van der Waals surface area contributed by atoms with Crippen molar-refractivity contribution in [2.45, 2.75) is 12.8 Å². The van der Waals surface area contributed by atoms with Crippen LogP contribution in [0.4, 0.5) is 0 Å². The van der Waals surface area contributed by atoms with Gasteiger partial charge in [0.05, 0.1) is 11.1 Å². The van der Waals surface area contributed by atoms with Gasteiger partial charge >= 0.3 is 0 Å². The Balaban J connectivity index is 0.00000132. The first-order valence-electron chi connectivity index (χ1n) is 7.27. The third-order valence-electron chi connectivity index (χ3n) is 3.86. The number of piperidine rings is 1. The average molecular weight is 377 g/mol. The first-order valence-corrected chi connectivity index (χ1v) is 7.65. The van der Waals surface area contributed by atoms with Crippen molar-refractivity contribution in [2.75, 3.05) is 19.6 Å². The molecule has 1 atom stereocenters. The van der Waals surface area contributed by atoms with Crippen LogP contribution in [0, 0.1) is 5.92 Å². The van der Waals surface area contributed by atoms with Gasteiger partial charge in [0.1, 0.15) is 0 Å². The number of fused-ring (bicyclic) bond motifs is 1. The minimum absolute atomic E-state index is 0. The number of hydrogen-bond donors (Lipinski definition) is 2. The van der Waals surface area contributed by atoms with Crippen LogP contribution in [-0.2, 0) is 0 Å². The van der Waals surface area contributed by atoms with Crippen LogP contribution >= 0.6 is 36.4 Å². The summed E-state index contributed by atoms with van der Waals surface area (Å²) in [5.41, 5.74) is 1.24. The van der Waals surface area contributed by atoms with Gasteiger partial charge < -0.3 is 10.6 Å². The summed E-state index contributed by atoms with van der Waals surface area (Å²) in [7, 11) is 0. The molecule has 126 valence electrons. The predicted molar refractivity (Wildman–Crippen MR) is 99.2 cm³/mol. The second-order valence-corrected chi connectivity index (χ2v) is 5.89. The van der Waals surface area contributed by atoms with Gasteiger partial charge in [-0.05, 0) is 50.0 Å². The molecule has 2 aromatic rings. The van der Waals surface area contributed by atoms with E-state index in [4.69, 9.17) is 11.6 Å². The van der Waals surface area contributed by atoms with Gasteiger partial charge in [0, 0.05) is 23.2 Å². The largest absolute Gasteiger partial charge is 0.352 e. The zero-order valence-electron chi connectivity index (χ0n) is 12.5. The number of carbonyl (C=O) groups is 1. The van der Waals surface area contributed by atoms with Crippen molar-refractivity contribution in [3.63, 3.8) is 0 Å². The number of pyridine rings is 1. The maximum atomic E-state index is 12.4. The third kappa shape index (κ3) is 4.95. The summed E-state index contributed by atoms with van der Waals surface area (Å²) in [6.45, 7) is 2.73. The summed E-state index contributed by atoms with van der Waals surface area (Å²) in [5, 5.41) is 7.80. The van der Waals surface area contributed by atoms with Crippen molar-refractivity contribution in [1.29, 1.82) is 0 Å². The topological polar surface area (TPSA) is 54.0 Å². The number of rotatable bonds is 3. The highest BCUT2D eigenvalue weighted by Crippen LogP contribution is 2.22. The van der Waals surface area contributed by atoms with Crippen LogP contribution in [0.5, 0.6) is 0 Å². The molecule has 1 unspecified atom stereocenters. The predicted octanol–water partition coefficient (Wildman–Crippen LogP) is 3.46. The van der Waals surface area contributed by atoms with Gasteiger partial charge in [-0.25, -0.2) is 0 Å². The molecule has 0 saturated carbocycles. The fraction of sp³-hybridized carbons (Fsp3) is 0.375. The second kappa shape index (κ2) is 9.28. The Labute approximate surface area is 153 Å². The number of carbonyl (C=O) groups excluding carboxylic acids is 1. The molecule has 0 aliphatic carbocycles. The Morgan fingerprint density at radius 2 is 2.22 bits per heavy atom. The Morgan fingerprint density at radius 1 is 1.39 bits per heavy atom. The van der Waals surface area contributed by atoms with E-state index in [1.54, 1.807) is 12.3 Å². The lowest BCUT2D eigenvalue weighted by Gasteiger charge is -2.23. The fourth-order valence-electron chi connectivity index (χ4n) is 2.76. The average Bonchev–Trinajstić information content (AvgIpc) is 2.52. The van der Waals surface area contributed by atoms with Crippen molar-refractivity contribution in [3.05, 3.63) is 41.0 Å². The Morgan fingerprint density at radius 3 is 2.96 bits per heavy atom. The maximum absolute atomic E-state index is 12.4. The van der Waals surface area contributed by atoms with Gasteiger partial charge in [0.15, 0.2) is 0 Å². The molecular weight excluding hydrogens is 357 g/mol. The third-order valence-corrected chi connectivity index (χ3v) is 4.08. The zero-order valence-corrected chi connectivity index (χ0v) is 14.9. The molecule has 1 fully saturated rings. The van der Waals surface area contributed by atoms with Crippen molar-refractivity contribution < 1.29 is 4.79 Å². The van der Waals surface area contributed by atoms with Gasteiger partial charge in [0.25, 0.3) is 5.91 Å². The molecule has 23 heavy (non-hydrogen) atoms. The van der Waals surface area contributed by atoms with E-state index in [9.17, 15) is 4.79 Å². The minimum Gasteiger partial charge on any atom is -0.352 e. The molecule has 1 saturated heterocycles. The van der Waals surface area contributed by atoms with Crippen LogP contribution < -0.4 is 10.6 Å². The van der Waals surface area contributed by atoms with Crippen molar-refractivity contribution in [3.8, 4) is 0 Å². The number of benzene rings is 1. The van der Waals surface area contributed by atoms with E-state index >= 15 is 0 Å². The van der Waals surface area contributed by atoms with Crippen molar-refractivity contribution in [1.82, 2.24) is 15.6 Å². The number of hydrogen-bond acceptors (Lipinski definition) is 3. The van der Waals surface area contributed by atoms with E-state index in [1.807, 2.05) is 18.2 Å². The van der Waals surface area contributed by atoms with E-state index in [0.717, 1.165) is 24.9 Å². The molecule has 7 heteroatoms. The molecular formula is C16H20Cl3N3O. The van der Waals surface area contributed by atoms with Gasteiger partial charge in [0.2, 0.25) is 0 Å². The van der Waals surface area contributed by atoms with Crippen molar-refractivity contribution >= 4 is 53.2 Å². The number of aromatic nitrogens is 1. The molecule has 1 aliphatic rings. The van der Waals surface area contributed by atoms with Gasteiger partial charge in [-0.3, -0.25) is 9.78 Å². The molecule has 2 N–H and O–H groups in total. The lowest BCUT2D eigenvalue weighted by molar-refractivity contribution is 0.0946. The minimum atomic E-state index is -0.105. The van der Waals surface area contributed by atoms with E-state index in [-0.39, 0.29) is 30.7 Å². The molecule has 0 radical (unpaired) electrons. The summed E-state index contributed by atoms with van der Waals surface area (Å²) in [6.07, 6.45) is 4.02. The van der Waals surface area contributed by atoms with Crippen LogP contribution in [-0.4, -0.2) is 30.5 Å². The molecule has 0 spiro atoms. The van der Waals surface area contributed by atoms with Crippen LogP contribution in [0.2, 0.25) is 5.02 Å². The van der Waals surface area contributed by atoms with Crippen LogP contribution in [0.25, 0.3) is 10.9 Å². The lowest BCUT2D eigenvalue weighted by atomic mass is 9.99. The normalized spacial score (nSPS) is 17.0. The molecule has 4 nitrogen and oxygen atoms in total. The molecule has 0 bridgehead atoms. The highest BCUT2D eigenvalue weighted by Gasteiger charge is 2.16. The maximum Gasteiger partial charge on any atom is 0.253 e. The van der Waals surface area contributed by atoms with Gasteiger partial charge in [-0.1, -0.05) is 17.7 Å². The van der Waals surface area contributed by atoms with Gasteiger partial charge in [-0.15, -0.1) is 24.8 Å². The molecule has 1 amide bonds. The Hall–Kier alpha value is -1.07. The van der Waals surface area contributed by atoms with Gasteiger partial charge in [-0.2, -0.15) is 0 Å². The lowest BCUT2D eigenvalue weighted by Crippen LogP contribution is -2.38. The molecule has 1 aromatic heterocycles. The quantitative estimate of drug-likeness (QED) is 0.862. The van der Waals surface area contributed by atoms with Crippen molar-refractivity contribution in [2.24, 2.45) is 5.92 Å². The molecule has 2 heterocycles. The standard InChI is InChI=1S/C16H18ClN3O.2ClH/c17-13-7-12-4-2-6-19-15(12)14(8-13)16(21)20-10-11-3-1-5-18-9-11;;/h2,4,6-8,11,18H,1,3,5,9-10H2,(H,20,21);2*1H. The highest BCUT2D eigenvalue weighted by molar-refractivity contribution is 6.32. The first kappa shape index (κ1) is 20.0. The summed E-state index contributed by atoms with van der Waals surface area (Å²) < 4.78 is 0. The Bertz CT molecular complexity index is 660. The van der Waals surface area contributed by atoms with Crippen LogP contribution in [0.1, 0.15) is 23.2 Å². The second-order valence-electron chi connectivity index (χ2n) is 5.45. The summed E-state index contributed by atoms with van der Waals surface area (Å²) in [4.78, 5) is 16.7. The molecule has 1 aromatic carbocycles. The van der Waals surface area contributed by atoms with E-state index in [2.05, 4.69) is 15.6 Å². The summed E-state index contributed by atoms with van der Waals surface area (Å²) >= 11 is 6.10. The highest BCUT2D eigenvalue weighted by atomic mass is 35.5. The number of nitrogens with one attached hydrogen (secondary N) is 2. The fourth-order valence-corrected chi connectivity index (χ4v) is 2.99. The van der Waals surface area contributed by atoms with Crippen LogP contribution in [0.15, 0.2) is 30.5 Å². The smallest absolute Gasteiger partial charge is 0.253 e. The molecule has 3 rings (SSSR count). The number of amides is 1. The van der Waals surface area contributed by atoms with E-state index in [0.29, 0.717) is 28.6 Å². The number of nitrogens with zero attached hydrogens (tertiary/aromatic N) is 1. The first-order chi connectivity index (χ1) is 10.2. The zero-order chi connectivity index (χ0) is 14.7. The monoisotopic (exact) mass is 375 g/mol. The number of halogens is 3. The Kier molecular flexibility index (Phi) is 8.06. The summed E-state index contributed by atoms with van der Waals surface area (Å²) in [6, 6.07) is 7.27. The molecule has 1 aliphatic heterocycles. The van der Waals surface area contributed by atoms with Crippen LogP contribution in [0.3, 0.4) is 0 Å². The summed E-state index contributed by atoms with van der Waals surface area (Å²) in [5.74, 6) is 0.396. The SMILES string of the molecule is Cl.Cl.O=C(NCC1CCCNC1)c1cc(Cl)cc2cccnc12.